The van der Waals surface area contributed by atoms with Crippen LogP contribution < -0.4 is 0 Å². The summed E-state index contributed by atoms with van der Waals surface area (Å²) in [5.41, 5.74) is 0. The van der Waals surface area contributed by atoms with E-state index in [1.54, 1.807) is 0 Å². The quantitative estimate of drug-likeness (QED) is 0.420. The molecular formula is C20H30O3. The Morgan fingerprint density at radius 2 is 1.83 bits per heavy atom. The van der Waals surface area contributed by atoms with E-state index in [0.29, 0.717) is 6.42 Å². The smallest absolute Gasteiger partial charge is 0.163 e. The predicted octanol–water partition coefficient (Wildman–Crippen LogP) is 3.81. The maximum atomic E-state index is 9.23. The topological polar surface area (TPSA) is 38.7 Å². The lowest BCUT2D eigenvalue weighted by atomic mass is 10.0. The van der Waals surface area contributed by atoms with Gasteiger partial charge < -0.3 is 14.6 Å². The standard InChI is InChI=1S/C20H30O3/c1-5-7-8-9-12-15-18-19(23-20(3,4)22-18)16-13-10-11-14-17(21)6-2/h6,17-19,21H,2,5,7-9,12,15-16H2,1,3-4H3. The first-order valence-electron chi connectivity index (χ1n) is 8.63. The van der Waals surface area contributed by atoms with Gasteiger partial charge >= 0.3 is 0 Å². The molecule has 0 spiro atoms. The molecule has 1 aliphatic heterocycles. The predicted molar refractivity (Wildman–Crippen MR) is 93.6 cm³/mol. The first-order chi connectivity index (χ1) is 11.0. The van der Waals surface area contributed by atoms with Gasteiger partial charge in [0.25, 0.3) is 0 Å². The van der Waals surface area contributed by atoms with Gasteiger partial charge in [-0.05, 0) is 32.1 Å². The van der Waals surface area contributed by atoms with Crippen molar-refractivity contribution in [1.82, 2.24) is 0 Å². The van der Waals surface area contributed by atoms with Gasteiger partial charge in [0.2, 0.25) is 0 Å². The molecule has 0 saturated carbocycles. The Hall–Kier alpha value is -1.26. The second-order valence-electron chi connectivity index (χ2n) is 6.37. The highest BCUT2D eigenvalue weighted by Gasteiger charge is 2.40. The molecule has 3 atom stereocenters. The third-order valence-corrected chi connectivity index (χ3v) is 3.77. The molecule has 0 radical (unpaired) electrons. The SMILES string of the molecule is C=CC(O)C#CC#CCC1OC(C)(C)OC1CCCCCCC. The third kappa shape index (κ3) is 8.24. The lowest BCUT2D eigenvalue weighted by molar-refractivity contribution is -0.146. The molecule has 1 N–H and O–H groups in total. The van der Waals surface area contributed by atoms with E-state index >= 15 is 0 Å². The minimum absolute atomic E-state index is 0.00481. The van der Waals surface area contributed by atoms with Crippen LogP contribution in [-0.4, -0.2) is 29.2 Å². The summed E-state index contributed by atoms with van der Waals surface area (Å²) in [5, 5.41) is 9.23. The van der Waals surface area contributed by atoms with Crippen molar-refractivity contribution in [2.24, 2.45) is 0 Å². The van der Waals surface area contributed by atoms with Crippen LogP contribution in [0.4, 0.5) is 0 Å². The fraction of sp³-hybridized carbons (Fsp3) is 0.700. The Balaban J connectivity index is 2.44. The molecule has 0 aliphatic carbocycles. The lowest BCUT2D eigenvalue weighted by Crippen LogP contribution is -2.21. The maximum Gasteiger partial charge on any atom is 0.163 e. The Morgan fingerprint density at radius 1 is 1.13 bits per heavy atom. The van der Waals surface area contributed by atoms with E-state index in [2.05, 4.69) is 37.2 Å². The van der Waals surface area contributed by atoms with Crippen molar-refractivity contribution in [3.8, 4) is 23.7 Å². The molecule has 0 aromatic carbocycles. The van der Waals surface area contributed by atoms with E-state index < -0.39 is 11.9 Å². The highest BCUT2D eigenvalue weighted by atomic mass is 16.7. The van der Waals surface area contributed by atoms with Gasteiger partial charge in [0.05, 0.1) is 12.2 Å². The van der Waals surface area contributed by atoms with Crippen molar-refractivity contribution < 1.29 is 14.6 Å². The molecule has 1 aliphatic rings. The normalized spacial score (nSPS) is 23.3. The number of ether oxygens (including phenoxy) is 2. The van der Waals surface area contributed by atoms with Gasteiger partial charge in [0, 0.05) is 6.42 Å². The van der Waals surface area contributed by atoms with Crippen LogP contribution in [0.15, 0.2) is 12.7 Å². The Bertz CT molecular complexity index is 473. The van der Waals surface area contributed by atoms with Crippen LogP contribution in [-0.2, 0) is 9.47 Å². The molecule has 23 heavy (non-hydrogen) atoms. The Morgan fingerprint density at radius 3 is 2.52 bits per heavy atom. The molecule has 1 saturated heterocycles. The summed E-state index contributed by atoms with van der Waals surface area (Å²) in [6.07, 6.45) is 8.54. The van der Waals surface area contributed by atoms with Gasteiger partial charge in [-0.15, -0.1) is 0 Å². The fourth-order valence-electron chi connectivity index (χ4n) is 2.64. The molecular weight excluding hydrogens is 288 g/mol. The van der Waals surface area contributed by atoms with Gasteiger partial charge in [0.1, 0.15) is 6.10 Å². The Labute approximate surface area is 141 Å². The van der Waals surface area contributed by atoms with Crippen LogP contribution in [0.3, 0.4) is 0 Å². The number of unbranched alkanes of at least 4 members (excludes halogenated alkanes) is 4. The summed E-state index contributed by atoms with van der Waals surface area (Å²) in [6.45, 7) is 9.58. The van der Waals surface area contributed by atoms with Crippen molar-refractivity contribution in [1.29, 1.82) is 0 Å². The maximum absolute atomic E-state index is 9.23. The highest BCUT2D eigenvalue weighted by Crippen LogP contribution is 2.32. The van der Waals surface area contributed by atoms with Crippen LogP contribution in [0, 0.1) is 23.7 Å². The second kappa shape index (κ2) is 10.5. The van der Waals surface area contributed by atoms with Gasteiger partial charge in [0.15, 0.2) is 5.79 Å². The van der Waals surface area contributed by atoms with Gasteiger partial charge in [-0.2, -0.15) is 0 Å². The van der Waals surface area contributed by atoms with Crippen molar-refractivity contribution in [2.45, 2.75) is 89.8 Å². The van der Waals surface area contributed by atoms with E-state index in [0.717, 1.165) is 6.42 Å². The number of hydrogen-bond donors (Lipinski definition) is 1. The summed E-state index contributed by atoms with van der Waals surface area (Å²) in [6, 6.07) is 0. The highest BCUT2D eigenvalue weighted by molar-refractivity contribution is 5.28. The fourth-order valence-corrected chi connectivity index (χ4v) is 2.64. The number of rotatable bonds is 8. The summed E-state index contributed by atoms with van der Waals surface area (Å²) < 4.78 is 12.0. The molecule has 0 aromatic rings. The number of aliphatic hydroxyl groups is 1. The molecule has 3 unspecified atom stereocenters. The largest absolute Gasteiger partial charge is 0.377 e. The second-order valence-corrected chi connectivity index (χ2v) is 6.37. The van der Waals surface area contributed by atoms with Crippen molar-refractivity contribution in [3.63, 3.8) is 0 Å². The number of hydrogen-bond acceptors (Lipinski definition) is 3. The molecule has 3 nitrogen and oxygen atoms in total. The van der Waals surface area contributed by atoms with E-state index in [-0.39, 0.29) is 12.2 Å². The van der Waals surface area contributed by atoms with Gasteiger partial charge in [-0.25, -0.2) is 0 Å². The molecule has 1 fully saturated rings. The molecule has 0 bridgehead atoms. The van der Waals surface area contributed by atoms with Crippen LogP contribution in [0.1, 0.15) is 65.7 Å². The average molecular weight is 318 g/mol. The molecule has 1 rings (SSSR count). The van der Waals surface area contributed by atoms with Crippen molar-refractivity contribution >= 4 is 0 Å². The molecule has 128 valence electrons. The van der Waals surface area contributed by atoms with Crippen LogP contribution in [0.25, 0.3) is 0 Å². The zero-order valence-corrected chi connectivity index (χ0v) is 14.7. The average Bonchev–Trinajstić information content (AvgIpc) is 2.80. The van der Waals surface area contributed by atoms with E-state index in [1.165, 1.54) is 38.2 Å². The molecule has 3 heteroatoms. The zero-order valence-electron chi connectivity index (χ0n) is 14.7. The molecule has 0 amide bonds. The summed E-state index contributed by atoms with van der Waals surface area (Å²) >= 11 is 0. The lowest BCUT2D eigenvalue weighted by Gasteiger charge is -2.16. The minimum Gasteiger partial charge on any atom is -0.377 e. The van der Waals surface area contributed by atoms with Gasteiger partial charge in [-0.1, -0.05) is 63.5 Å². The van der Waals surface area contributed by atoms with Gasteiger partial charge in [-0.3, -0.25) is 0 Å². The minimum atomic E-state index is -0.815. The summed E-state index contributed by atoms with van der Waals surface area (Å²) in [4.78, 5) is 0. The van der Waals surface area contributed by atoms with E-state index in [1.807, 2.05) is 13.8 Å². The zero-order chi connectivity index (χ0) is 17.1. The number of aliphatic hydroxyl groups excluding tert-OH is 1. The van der Waals surface area contributed by atoms with Crippen LogP contribution in [0.5, 0.6) is 0 Å². The first kappa shape index (κ1) is 19.8. The third-order valence-electron chi connectivity index (χ3n) is 3.77. The van der Waals surface area contributed by atoms with Crippen LogP contribution >= 0.6 is 0 Å². The van der Waals surface area contributed by atoms with E-state index in [9.17, 15) is 5.11 Å². The Kier molecular flexibility index (Phi) is 9.03. The summed E-state index contributed by atoms with van der Waals surface area (Å²) in [7, 11) is 0. The van der Waals surface area contributed by atoms with E-state index in [4.69, 9.17) is 9.47 Å². The first-order valence-corrected chi connectivity index (χ1v) is 8.63. The molecule has 1 heterocycles. The molecule has 0 aromatic heterocycles. The van der Waals surface area contributed by atoms with Crippen molar-refractivity contribution in [2.75, 3.05) is 0 Å². The van der Waals surface area contributed by atoms with Crippen molar-refractivity contribution in [3.05, 3.63) is 12.7 Å². The summed E-state index contributed by atoms with van der Waals surface area (Å²) in [5.74, 6) is 10.4. The monoisotopic (exact) mass is 318 g/mol. The van der Waals surface area contributed by atoms with Crippen LogP contribution in [0.2, 0.25) is 0 Å².